The van der Waals surface area contributed by atoms with Crippen molar-refractivity contribution >= 4 is 32.4 Å². The minimum Gasteiger partial charge on any atom is -0.302 e. The quantitative estimate of drug-likeness (QED) is 0.687. The fourth-order valence-electron chi connectivity index (χ4n) is 1.40. The molecule has 0 aromatic carbocycles. The summed E-state index contributed by atoms with van der Waals surface area (Å²) in [5, 5.41) is 0. The Morgan fingerprint density at radius 3 is 2.26 bits per heavy atom. The molecule has 0 atom stereocenters. The summed E-state index contributed by atoms with van der Waals surface area (Å²) in [6.45, 7) is 4.66. The SMILES string of the molecule is Cn1cc(I)c(=O)n(CCS(=O)(=O)C(C)(C)C)c1=O. The van der Waals surface area contributed by atoms with E-state index in [4.69, 9.17) is 0 Å². The lowest BCUT2D eigenvalue weighted by atomic mass is 10.3. The molecule has 0 saturated carbocycles. The lowest BCUT2D eigenvalue weighted by Crippen LogP contribution is -2.42. The molecule has 0 fully saturated rings. The maximum atomic E-state index is 12.0. The van der Waals surface area contributed by atoms with Crippen molar-refractivity contribution in [3.63, 3.8) is 0 Å². The molecule has 1 heterocycles. The number of rotatable bonds is 3. The summed E-state index contributed by atoms with van der Waals surface area (Å²) >= 11 is 1.83. The molecule has 108 valence electrons. The van der Waals surface area contributed by atoms with E-state index in [1.54, 1.807) is 20.8 Å². The Labute approximate surface area is 125 Å². The van der Waals surface area contributed by atoms with E-state index in [9.17, 15) is 18.0 Å². The van der Waals surface area contributed by atoms with Gasteiger partial charge in [-0.25, -0.2) is 13.2 Å². The molecule has 0 unspecified atom stereocenters. The zero-order chi connectivity index (χ0) is 15.0. The van der Waals surface area contributed by atoms with Gasteiger partial charge in [-0.2, -0.15) is 0 Å². The molecular weight excluding hydrogens is 383 g/mol. The third-order valence-corrected chi connectivity index (χ3v) is 6.13. The molecule has 0 spiro atoms. The first kappa shape index (κ1) is 16.4. The van der Waals surface area contributed by atoms with E-state index in [1.807, 2.05) is 22.6 Å². The molecule has 0 radical (unpaired) electrons. The number of nitrogens with zero attached hydrogens (tertiary/aromatic N) is 2. The highest BCUT2D eigenvalue weighted by atomic mass is 127. The van der Waals surface area contributed by atoms with Gasteiger partial charge in [0.1, 0.15) is 0 Å². The summed E-state index contributed by atoms with van der Waals surface area (Å²) in [7, 11) is -1.84. The Kier molecular flexibility index (Phi) is 4.66. The fourth-order valence-corrected chi connectivity index (χ4v) is 3.15. The van der Waals surface area contributed by atoms with Crippen LogP contribution in [0.4, 0.5) is 0 Å². The van der Waals surface area contributed by atoms with E-state index in [2.05, 4.69) is 0 Å². The first-order valence-corrected chi connectivity index (χ1v) is 8.39. The summed E-state index contributed by atoms with van der Waals surface area (Å²) in [6, 6.07) is 0. The summed E-state index contributed by atoms with van der Waals surface area (Å²) < 4.78 is 25.7. The molecule has 1 rings (SSSR count). The highest BCUT2D eigenvalue weighted by Gasteiger charge is 2.28. The van der Waals surface area contributed by atoms with E-state index < -0.39 is 25.8 Å². The van der Waals surface area contributed by atoms with Crippen LogP contribution < -0.4 is 11.2 Å². The number of halogens is 1. The summed E-state index contributed by atoms with van der Waals surface area (Å²) in [5.41, 5.74) is -0.956. The molecule has 0 saturated heterocycles. The van der Waals surface area contributed by atoms with Gasteiger partial charge in [-0.15, -0.1) is 0 Å². The van der Waals surface area contributed by atoms with Crippen LogP contribution in [0.2, 0.25) is 0 Å². The lowest BCUT2D eigenvalue weighted by Gasteiger charge is -2.19. The fraction of sp³-hybridized carbons (Fsp3) is 0.636. The van der Waals surface area contributed by atoms with Crippen LogP contribution in [0.25, 0.3) is 0 Å². The maximum Gasteiger partial charge on any atom is 0.330 e. The Balaban J connectivity index is 3.17. The standard InChI is InChI=1S/C11H17IN2O4S/c1-11(2,3)19(17,18)6-5-14-9(15)8(12)7-13(4)10(14)16/h7H,5-6H2,1-4H3. The van der Waals surface area contributed by atoms with Crippen molar-refractivity contribution in [1.82, 2.24) is 9.13 Å². The second-order valence-electron chi connectivity index (χ2n) is 5.26. The zero-order valence-electron chi connectivity index (χ0n) is 11.3. The number of hydrogen-bond donors (Lipinski definition) is 0. The van der Waals surface area contributed by atoms with Gasteiger partial charge >= 0.3 is 5.69 Å². The molecule has 0 bridgehead atoms. The van der Waals surface area contributed by atoms with E-state index in [0.29, 0.717) is 3.57 Å². The van der Waals surface area contributed by atoms with Crippen LogP contribution in [0, 0.1) is 3.57 Å². The minimum absolute atomic E-state index is 0.123. The average Bonchev–Trinajstić information content (AvgIpc) is 2.25. The van der Waals surface area contributed by atoms with Crippen molar-refractivity contribution < 1.29 is 8.42 Å². The predicted molar refractivity (Wildman–Crippen MR) is 82.2 cm³/mol. The molecular formula is C11H17IN2O4S. The van der Waals surface area contributed by atoms with Gasteiger partial charge in [-0.3, -0.25) is 9.36 Å². The Morgan fingerprint density at radius 2 is 1.79 bits per heavy atom. The van der Waals surface area contributed by atoms with Crippen LogP contribution in [-0.2, 0) is 23.4 Å². The van der Waals surface area contributed by atoms with Crippen molar-refractivity contribution in [1.29, 1.82) is 0 Å². The average molecular weight is 400 g/mol. The lowest BCUT2D eigenvalue weighted by molar-refractivity contribution is 0.545. The third kappa shape index (κ3) is 3.47. The largest absolute Gasteiger partial charge is 0.330 e. The van der Waals surface area contributed by atoms with Crippen LogP contribution >= 0.6 is 22.6 Å². The second kappa shape index (κ2) is 5.39. The minimum atomic E-state index is -3.37. The van der Waals surface area contributed by atoms with Crippen LogP contribution in [0.5, 0.6) is 0 Å². The summed E-state index contributed by atoms with van der Waals surface area (Å²) in [4.78, 5) is 23.7. The van der Waals surface area contributed by atoms with Crippen LogP contribution in [-0.4, -0.2) is 28.1 Å². The molecule has 0 aliphatic carbocycles. The molecule has 6 nitrogen and oxygen atoms in total. The van der Waals surface area contributed by atoms with Crippen molar-refractivity contribution in [2.45, 2.75) is 32.1 Å². The van der Waals surface area contributed by atoms with Crippen molar-refractivity contribution in [2.24, 2.45) is 7.05 Å². The predicted octanol–water partition coefficient (Wildman–Crippen LogP) is 0.365. The van der Waals surface area contributed by atoms with Gasteiger partial charge in [0.15, 0.2) is 9.84 Å². The number of sulfone groups is 1. The summed E-state index contributed by atoms with van der Waals surface area (Å²) in [5.74, 6) is -0.230. The number of hydrogen-bond acceptors (Lipinski definition) is 4. The van der Waals surface area contributed by atoms with Crippen molar-refractivity contribution in [2.75, 3.05) is 5.75 Å². The molecule has 8 heteroatoms. The Morgan fingerprint density at radius 1 is 1.26 bits per heavy atom. The zero-order valence-corrected chi connectivity index (χ0v) is 14.3. The van der Waals surface area contributed by atoms with E-state index in [-0.39, 0.29) is 12.3 Å². The van der Waals surface area contributed by atoms with Gasteiger partial charge < -0.3 is 4.57 Å². The van der Waals surface area contributed by atoms with Gasteiger partial charge in [0, 0.05) is 19.8 Å². The molecule has 0 aliphatic rings. The van der Waals surface area contributed by atoms with Gasteiger partial charge in [0.25, 0.3) is 5.56 Å². The van der Waals surface area contributed by atoms with Gasteiger partial charge in [0.05, 0.1) is 14.1 Å². The van der Waals surface area contributed by atoms with E-state index in [1.165, 1.54) is 17.8 Å². The summed E-state index contributed by atoms with van der Waals surface area (Å²) in [6.07, 6.45) is 1.43. The van der Waals surface area contributed by atoms with Gasteiger partial charge in [0.2, 0.25) is 0 Å². The highest BCUT2D eigenvalue weighted by molar-refractivity contribution is 14.1. The Hall–Kier alpha value is -0.640. The van der Waals surface area contributed by atoms with Crippen LogP contribution in [0.1, 0.15) is 20.8 Å². The third-order valence-electron chi connectivity index (χ3n) is 2.81. The maximum absolute atomic E-state index is 12.0. The van der Waals surface area contributed by atoms with E-state index in [0.717, 1.165) is 4.57 Å². The highest BCUT2D eigenvalue weighted by Crippen LogP contribution is 2.15. The van der Waals surface area contributed by atoms with Gasteiger partial charge in [-0.1, -0.05) is 0 Å². The number of aryl methyl sites for hydroxylation is 1. The smallest absolute Gasteiger partial charge is 0.302 e. The van der Waals surface area contributed by atoms with Gasteiger partial charge in [-0.05, 0) is 43.4 Å². The molecule has 0 aliphatic heterocycles. The Bertz CT molecular complexity index is 661. The first-order chi connectivity index (χ1) is 8.47. The number of aromatic nitrogens is 2. The molecule has 0 amide bonds. The normalized spacial score (nSPS) is 12.7. The van der Waals surface area contributed by atoms with Crippen molar-refractivity contribution in [3.05, 3.63) is 30.6 Å². The topological polar surface area (TPSA) is 78.1 Å². The van der Waals surface area contributed by atoms with Crippen molar-refractivity contribution in [3.8, 4) is 0 Å². The monoisotopic (exact) mass is 400 g/mol. The van der Waals surface area contributed by atoms with E-state index >= 15 is 0 Å². The first-order valence-electron chi connectivity index (χ1n) is 5.65. The molecule has 0 N–H and O–H groups in total. The molecule has 1 aromatic rings. The second-order valence-corrected chi connectivity index (χ2v) is 9.28. The molecule has 1 aromatic heterocycles. The van der Waals surface area contributed by atoms with Crippen LogP contribution in [0.3, 0.4) is 0 Å². The molecule has 19 heavy (non-hydrogen) atoms. The van der Waals surface area contributed by atoms with Crippen LogP contribution in [0.15, 0.2) is 15.8 Å².